The first kappa shape index (κ1) is 19.4. The number of benzene rings is 2. The summed E-state index contributed by atoms with van der Waals surface area (Å²) in [6.07, 6.45) is -0.623. The van der Waals surface area contributed by atoms with Crippen LogP contribution in [0.2, 0.25) is 0 Å². The van der Waals surface area contributed by atoms with Crippen molar-refractivity contribution in [2.45, 2.75) is 26.5 Å². The van der Waals surface area contributed by atoms with Crippen molar-refractivity contribution in [2.75, 3.05) is 21.3 Å². The van der Waals surface area contributed by atoms with E-state index in [1.807, 2.05) is 37.3 Å². The maximum atomic E-state index is 12.4. The Morgan fingerprint density at radius 2 is 1.65 bits per heavy atom. The Morgan fingerprint density at radius 1 is 0.962 bits per heavy atom. The van der Waals surface area contributed by atoms with Crippen LogP contribution < -0.4 is 24.3 Å². The Morgan fingerprint density at radius 3 is 2.27 bits per heavy atom. The zero-order valence-corrected chi connectivity index (χ0v) is 15.8. The summed E-state index contributed by atoms with van der Waals surface area (Å²) in [5.74, 6) is 2.06. The number of carbonyl (C=O) groups is 1. The number of aryl methyl sites for hydroxylation is 1. The molecule has 1 amide bonds. The monoisotopic (exact) mass is 359 g/mol. The fourth-order valence-electron chi connectivity index (χ4n) is 2.56. The zero-order valence-electron chi connectivity index (χ0n) is 15.8. The molecule has 0 radical (unpaired) electrons. The molecule has 0 saturated carbocycles. The van der Waals surface area contributed by atoms with Gasteiger partial charge in [-0.3, -0.25) is 4.79 Å². The normalized spacial score (nSPS) is 11.4. The first-order valence-corrected chi connectivity index (χ1v) is 8.29. The van der Waals surface area contributed by atoms with Gasteiger partial charge in [-0.05, 0) is 37.6 Å². The quantitative estimate of drug-likeness (QED) is 0.784. The topological polar surface area (TPSA) is 66.0 Å². The second-order valence-corrected chi connectivity index (χ2v) is 5.74. The smallest absolute Gasteiger partial charge is 0.261 e. The van der Waals surface area contributed by atoms with Crippen LogP contribution in [-0.2, 0) is 11.3 Å². The summed E-state index contributed by atoms with van der Waals surface area (Å²) < 4.78 is 21.8. The Hall–Kier alpha value is -2.89. The van der Waals surface area contributed by atoms with Gasteiger partial charge in [0.05, 0.1) is 21.3 Å². The highest BCUT2D eigenvalue weighted by atomic mass is 16.5. The van der Waals surface area contributed by atoms with Gasteiger partial charge >= 0.3 is 0 Å². The molecule has 26 heavy (non-hydrogen) atoms. The SMILES string of the molecule is COc1ccc(CNC(=O)[C@H](C)Oc2ccccc2C)c(OC)c1OC. The standard InChI is InChI=1S/C20H25NO5/c1-13-8-6-7-9-16(13)26-14(2)20(22)21-12-15-10-11-17(23-3)19(25-5)18(15)24-4/h6-11,14H,12H2,1-5H3,(H,21,22)/t14-/m0/s1. The predicted molar refractivity (Wildman–Crippen MR) is 99.2 cm³/mol. The molecular formula is C20H25NO5. The van der Waals surface area contributed by atoms with Crippen LogP contribution >= 0.6 is 0 Å². The van der Waals surface area contributed by atoms with Crippen LogP contribution in [0.4, 0.5) is 0 Å². The van der Waals surface area contributed by atoms with Gasteiger partial charge in [-0.2, -0.15) is 0 Å². The third kappa shape index (κ3) is 4.39. The van der Waals surface area contributed by atoms with E-state index in [9.17, 15) is 4.79 Å². The third-order valence-electron chi connectivity index (χ3n) is 4.01. The van der Waals surface area contributed by atoms with Gasteiger partial charge in [0.2, 0.25) is 5.75 Å². The molecule has 0 aliphatic heterocycles. The number of carbonyl (C=O) groups excluding carboxylic acids is 1. The summed E-state index contributed by atoms with van der Waals surface area (Å²) in [6.45, 7) is 3.94. The molecule has 140 valence electrons. The van der Waals surface area contributed by atoms with Crippen molar-refractivity contribution in [1.29, 1.82) is 0 Å². The minimum atomic E-state index is -0.623. The lowest BCUT2D eigenvalue weighted by atomic mass is 10.1. The van der Waals surface area contributed by atoms with E-state index in [2.05, 4.69) is 5.32 Å². The summed E-state index contributed by atoms with van der Waals surface area (Å²) in [6, 6.07) is 11.2. The van der Waals surface area contributed by atoms with Crippen LogP contribution in [0.5, 0.6) is 23.0 Å². The third-order valence-corrected chi connectivity index (χ3v) is 4.01. The maximum Gasteiger partial charge on any atom is 0.261 e. The highest BCUT2D eigenvalue weighted by molar-refractivity contribution is 5.80. The van der Waals surface area contributed by atoms with Gasteiger partial charge in [0.15, 0.2) is 17.6 Å². The van der Waals surface area contributed by atoms with Crippen molar-refractivity contribution in [1.82, 2.24) is 5.32 Å². The van der Waals surface area contributed by atoms with Crippen molar-refractivity contribution >= 4 is 5.91 Å². The van der Waals surface area contributed by atoms with Crippen LogP contribution in [0, 0.1) is 6.92 Å². The molecule has 0 aliphatic carbocycles. The number of amides is 1. The molecule has 0 spiro atoms. The van der Waals surface area contributed by atoms with E-state index in [1.54, 1.807) is 34.3 Å². The molecule has 2 aromatic carbocycles. The van der Waals surface area contributed by atoms with Crippen molar-refractivity contribution < 1.29 is 23.7 Å². The van der Waals surface area contributed by atoms with Crippen molar-refractivity contribution in [3.63, 3.8) is 0 Å². The minimum absolute atomic E-state index is 0.218. The molecule has 0 aromatic heterocycles. The van der Waals surface area contributed by atoms with E-state index in [1.165, 1.54) is 0 Å². The van der Waals surface area contributed by atoms with Crippen LogP contribution in [0.3, 0.4) is 0 Å². The highest BCUT2D eigenvalue weighted by Gasteiger charge is 2.19. The number of methoxy groups -OCH3 is 3. The van der Waals surface area contributed by atoms with E-state index < -0.39 is 6.10 Å². The Bertz CT molecular complexity index is 760. The van der Waals surface area contributed by atoms with Crippen molar-refractivity contribution in [3.8, 4) is 23.0 Å². The van der Waals surface area contributed by atoms with Gasteiger partial charge in [0.1, 0.15) is 5.75 Å². The number of rotatable bonds is 8. The van der Waals surface area contributed by atoms with Gasteiger partial charge < -0.3 is 24.3 Å². The van der Waals surface area contributed by atoms with Crippen LogP contribution in [0.25, 0.3) is 0 Å². The zero-order chi connectivity index (χ0) is 19.1. The van der Waals surface area contributed by atoms with E-state index in [4.69, 9.17) is 18.9 Å². The molecule has 2 rings (SSSR count). The molecular weight excluding hydrogens is 334 g/mol. The van der Waals surface area contributed by atoms with Gasteiger partial charge in [-0.1, -0.05) is 18.2 Å². The Balaban J connectivity index is 2.06. The molecule has 0 heterocycles. The van der Waals surface area contributed by atoms with Crippen LogP contribution in [-0.4, -0.2) is 33.3 Å². The molecule has 2 aromatic rings. The first-order chi connectivity index (χ1) is 12.5. The van der Waals surface area contributed by atoms with E-state index in [0.29, 0.717) is 23.0 Å². The lowest BCUT2D eigenvalue weighted by molar-refractivity contribution is -0.127. The molecule has 1 N–H and O–H groups in total. The van der Waals surface area contributed by atoms with Crippen LogP contribution in [0.1, 0.15) is 18.1 Å². The maximum absolute atomic E-state index is 12.4. The Kier molecular flexibility index (Phi) is 6.72. The lowest BCUT2D eigenvalue weighted by Crippen LogP contribution is -2.36. The fraction of sp³-hybridized carbons (Fsp3) is 0.350. The largest absolute Gasteiger partial charge is 0.493 e. The number of hydrogen-bond acceptors (Lipinski definition) is 5. The molecule has 0 fully saturated rings. The van der Waals surface area contributed by atoms with Crippen molar-refractivity contribution in [2.24, 2.45) is 0 Å². The highest BCUT2D eigenvalue weighted by Crippen LogP contribution is 2.39. The predicted octanol–water partition coefficient (Wildman–Crippen LogP) is 3.10. The summed E-state index contributed by atoms with van der Waals surface area (Å²) >= 11 is 0. The summed E-state index contributed by atoms with van der Waals surface area (Å²) in [5, 5.41) is 2.86. The van der Waals surface area contributed by atoms with Crippen LogP contribution in [0.15, 0.2) is 36.4 Å². The lowest BCUT2D eigenvalue weighted by Gasteiger charge is -2.18. The van der Waals surface area contributed by atoms with E-state index in [-0.39, 0.29) is 12.5 Å². The van der Waals surface area contributed by atoms with E-state index in [0.717, 1.165) is 11.1 Å². The van der Waals surface area contributed by atoms with Gasteiger partial charge in [-0.15, -0.1) is 0 Å². The van der Waals surface area contributed by atoms with Crippen molar-refractivity contribution in [3.05, 3.63) is 47.5 Å². The molecule has 0 aliphatic rings. The van der Waals surface area contributed by atoms with Gasteiger partial charge in [0.25, 0.3) is 5.91 Å². The average Bonchev–Trinajstić information content (AvgIpc) is 2.66. The fourth-order valence-corrected chi connectivity index (χ4v) is 2.56. The summed E-state index contributed by atoms with van der Waals surface area (Å²) in [5.41, 5.74) is 1.76. The summed E-state index contributed by atoms with van der Waals surface area (Å²) in [7, 11) is 4.65. The average molecular weight is 359 g/mol. The van der Waals surface area contributed by atoms with Gasteiger partial charge in [-0.25, -0.2) is 0 Å². The molecule has 0 saturated heterocycles. The first-order valence-electron chi connectivity index (χ1n) is 8.29. The number of hydrogen-bond donors (Lipinski definition) is 1. The molecule has 6 nitrogen and oxygen atoms in total. The number of para-hydroxylation sites is 1. The second-order valence-electron chi connectivity index (χ2n) is 5.74. The summed E-state index contributed by atoms with van der Waals surface area (Å²) in [4.78, 5) is 12.4. The Labute approximate surface area is 154 Å². The molecule has 0 bridgehead atoms. The molecule has 6 heteroatoms. The number of ether oxygens (including phenoxy) is 4. The second kappa shape index (κ2) is 8.99. The number of nitrogens with one attached hydrogen (secondary N) is 1. The van der Waals surface area contributed by atoms with E-state index >= 15 is 0 Å². The molecule has 1 atom stereocenters. The molecule has 0 unspecified atom stereocenters. The van der Waals surface area contributed by atoms with Gasteiger partial charge in [0, 0.05) is 12.1 Å². The minimum Gasteiger partial charge on any atom is -0.493 e.